The zero-order valence-corrected chi connectivity index (χ0v) is 57.4. The van der Waals surface area contributed by atoms with Gasteiger partial charge in [0.2, 0.25) is 0 Å². The van der Waals surface area contributed by atoms with Gasteiger partial charge in [0.1, 0.15) is 29.5 Å². The molecule has 3 heterocycles. The monoisotopic (exact) mass is 1240 g/mol. The Kier molecular flexibility index (Phi) is 20.6. The van der Waals surface area contributed by atoms with Gasteiger partial charge < -0.3 is 33.2 Å². The largest absolute Gasteiger partial charge is 0.462 e. The lowest BCUT2D eigenvalue weighted by Gasteiger charge is -2.33. The molecular formula is C73H112O16. The van der Waals surface area contributed by atoms with Crippen molar-refractivity contribution in [2.75, 3.05) is 0 Å². The standard InChI is InChI=1S/C18H24O4.C15H26O2.C14H22O2.C14H24O2.2C6H8O3/c1-7-8(2)11-3-9(7)4-13(11)17(19)21-15-10-5-12-14(6-10)18(20)22-16(12)15;1-6-15(4,5)17-14(16)13-8-11-7-12(13)10(3)9(11)2;1-7-4-11-10-5-12(14(11)8(7)2)13(6-10)16-9(3)15;1-8-9(2)11-6-10(8)7-12(11)13(15)16-14(3,4)5;2*1-3-4(2)6(8)9-5(3)7/h7-16H,3-6H2,1-2H3;9-13H,6-8H2,1-5H3;7-8,10-14H,4-6H2,1-3H3;8-12H,6-7H2,1-5H3;2*3-4H,1-2H3. The Hall–Kier alpha value is -4.37. The summed E-state index contributed by atoms with van der Waals surface area (Å²) in [5, 5.41) is 0. The van der Waals surface area contributed by atoms with Crippen LogP contribution in [-0.2, 0) is 76.3 Å². The van der Waals surface area contributed by atoms with E-state index >= 15 is 0 Å². The van der Waals surface area contributed by atoms with Crippen LogP contribution in [0, 0.1) is 166 Å². The number of hydrogen-bond donors (Lipinski definition) is 0. The zero-order chi connectivity index (χ0) is 65.5. The smallest absolute Gasteiger partial charge is 0.317 e. The van der Waals surface area contributed by atoms with Gasteiger partial charge in [-0.3, -0.25) is 43.2 Å². The fraction of sp³-hybridized carbons (Fsp3) is 0.877. The Bertz CT molecular complexity index is 2590. The van der Waals surface area contributed by atoms with Crippen LogP contribution in [0.3, 0.4) is 0 Å². The van der Waals surface area contributed by atoms with Crippen molar-refractivity contribution in [1.29, 1.82) is 0 Å². The quantitative estimate of drug-likeness (QED) is 0.131. The molecular weight excluding hydrogens is 1130 g/mol. The predicted molar refractivity (Wildman–Crippen MR) is 330 cm³/mol. The van der Waals surface area contributed by atoms with E-state index < -0.39 is 23.9 Å². The van der Waals surface area contributed by atoms with Gasteiger partial charge in [0.05, 0.1) is 47.3 Å². The molecule has 10 bridgehead atoms. The van der Waals surface area contributed by atoms with Crippen LogP contribution in [0.1, 0.15) is 209 Å². The highest BCUT2D eigenvalue weighted by atomic mass is 16.6. The molecule has 0 aromatic heterocycles. The van der Waals surface area contributed by atoms with Gasteiger partial charge in [-0.2, -0.15) is 0 Å². The van der Waals surface area contributed by atoms with E-state index in [2.05, 4.69) is 71.8 Å². The van der Waals surface area contributed by atoms with Crippen LogP contribution in [-0.4, -0.2) is 83.2 Å². The van der Waals surface area contributed by atoms with Gasteiger partial charge in [0.15, 0.2) is 0 Å². The molecule has 3 aliphatic heterocycles. The summed E-state index contributed by atoms with van der Waals surface area (Å²) in [5.74, 6) is 11.8. The SMILES string of the molecule is CC(=O)OC1CC2CC1C1C(C)C(C)CC21.CC1C(=O)OC(=O)C1C.CC1C(=O)OC(=O)C1C.CC1C2CC(C(=O)OC(C)(C)C)C(C2)C1C.CC1C2CC(C(=O)OC3C4CC5C(=O)OC3C5C4)C(C2)C1C.CCC(C)(C)OC(=O)C1CC2CC1C(C)C2C. The number of ether oxygens (including phenoxy) is 7. The minimum atomic E-state index is -0.396. The van der Waals surface area contributed by atoms with Gasteiger partial charge in [-0.15, -0.1) is 0 Å². The van der Waals surface area contributed by atoms with Gasteiger partial charge in [0.25, 0.3) is 0 Å². The first-order valence-electron chi connectivity index (χ1n) is 35.1. The van der Waals surface area contributed by atoms with Crippen LogP contribution in [0.25, 0.3) is 0 Å². The van der Waals surface area contributed by atoms with E-state index in [4.69, 9.17) is 23.7 Å². The number of carbonyl (C=O) groups is 9. The van der Waals surface area contributed by atoms with Crippen LogP contribution >= 0.6 is 0 Å². The molecule has 0 N–H and O–H groups in total. The third-order valence-corrected chi connectivity index (χ3v) is 26.9. The molecule has 3 saturated heterocycles. The van der Waals surface area contributed by atoms with Crippen molar-refractivity contribution in [1.82, 2.24) is 0 Å². The molecule has 31 unspecified atom stereocenters. The second-order valence-electron chi connectivity index (χ2n) is 33.0. The molecule has 500 valence electrons. The first-order valence-corrected chi connectivity index (χ1v) is 35.1. The minimum Gasteiger partial charge on any atom is -0.462 e. The molecule has 14 fully saturated rings. The van der Waals surface area contributed by atoms with Gasteiger partial charge >= 0.3 is 53.7 Å². The highest BCUT2D eigenvalue weighted by molar-refractivity contribution is 5.96. The lowest BCUT2D eigenvalue weighted by atomic mass is 9.76. The molecule has 0 spiro atoms. The van der Waals surface area contributed by atoms with Crippen LogP contribution < -0.4 is 0 Å². The number of hydrogen-bond acceptors (Lipinski definition) is 16. The van der Waals surface area contributed by atoms with Crippen molar-refractivity contribution in [3.63, 3.8) is 0 Å². The van der Waals surface area contributed by atoms with Crippen molar-refractivity contribution >= 4 is 53.7 Å². The maximum atomic E-state index is 12.7. The maximum Gasteiger partial charge on any atom is 0.317 e. The van der Waals surface area contributed by atoms with Crippen molar-refractivity contribution < 1.29 is 76.3 Å². The first kappa shape index (κ1) is 69.0. The molecule has 14 rings (SSSR count). The second kappa shape index (κ2) is 26.6. The molecule has 31 atom stereocenters. The van der Waals surface area contributed by atoms with E-state index in [0.29, 0.717) is 59.2 Å². The summed E-state index contributed by atoms with van der Waals surface area (Å²) in [5.41, 5.74) is -0.637. The van der Waals surface area contributed by atoms with Crippen molar-refractivity contribution in [2.24, 2.45) is 166 Å². The zero-order valence-electron chi connectivity index (χ0n) is 57.4. The lowest BCUT2D eigenvalue weighted by molar-refractivity contribution is -0.168. The van der Waals surface area contributed by atoms with Gasteiger partial charge in [-0.25, -0.2) is 0 Å². The van der Waals surface area contributed by atoms with Crippen molar-refractivity contribution in [2.45, 2.75) is 238 Å². The van der Waals surface area contributed by atoms with E-state index in [0.717, 1.165) is 104 Å². The number of cyclic esters (lactones) is 4. The fourth-order valence-electron chi connectivity index (χ4n) is 20.1. The average molecular weight is 1250 g/mol. The van der Waals surface area contributed by atoms with Crippen LogP contribution in [0.15, 0.2) is 0 Å². The summed E-state index contributed by atoms with van der Waals surface area (Å²) in [6, 6.07) is 0. The summed E-state index contributed by atoms with van der Waals surface area (Å²) < 4.78 is 36.7. The molecule has 14 aliphatic rings. The van der Waals surface area contributed by atoms with Crippen LogP contribution in [0.4, 0.5) is 0 Å². The Morgan fingerprint density at radius 2 is 0.843 bits per heavy atom. The molecule has 0 aromatic carbocycles. The Labute approximate surface area is 531 Å². The molecule has 11 saturated carbocycles. The van der Waals surface area contributed by atoms with E-state index in [1.165, 1.54) is 32.1 Å². The summed E-state index contributed by atoms with van der Waals surface area (Å²) in [6.07, 6.45) is 13.4. The molecule has 16 nitrogen and oxygen atoms in total. The molecule has 11 aliphatic carbocycles. The van der Waals surface area contributed by atoms with E-state index in [1.807, 2.05) is 34.6 Å². The van der Waals surface area contributed by atoms with Crippen LogP contribution in [0.2, 0.25) is 0 Å². The van der Waals surface area contributed by atoms with E-state index in [9.17, 15) is 43.2 Å². The summed E-state index contributed by atoms with van der Waals surface area (Å²) in [6.45, 7) is 38.9. The molecule has 0 radical (unpaired) electrons. The number of carbonyl (C=O) groups excluding carboxylic acids is 9. The second-order valence-corrected chi connectivity index (χ2v) is 33.0. The molecule has 0 amide bonds. The third-order valence-electron chi connectivity index (χ3n) is 26.9. The average Bonchev–Trinajstić information content (AvgIpc) is 1.62. The summed E-state index contributed by atoms with van der Waals surface area (Å²) in [4.78, 5) is 102. The topological polar surface area (TPSA) is 218 Å². The highest BCUT2D eigenvalue weighted by Gasteiger charge is 2.64. The Morgan fingerprint density at radius 1 is 0.427 bits per heavy atom. The van der Waals surface area contributed by atoms with Gasteiger partial charge in [-0.1, -0.05) is 90.0 Å². The number of fused-ring (bicyclic) bond motifs is 12. The predicted octanol–water partition coefficient (Wildman–Crippen LogP) is 12.9. The van der Waals surface area contributed by atoms with E-state index in [1.54, 1.807) is 34.6 Å². The van der Waals surface area contributed by atoms with Gasteiger partial charge in [0, 0.05) is 18.8 Å². The van der Waals surface area contributed by atoms with Crippen molar-refractivity contribution in [3.8, 4) is 0 Å². The Balaban J connectivity index is 0.000000130. The highest BCUT2D eigenvalue weighted by Crippen LogP contribution is 2.63. The summed E-state index contributed by atoms with van der Waals surface area (Å²) >= 11 is 0. The maximum absolute atomic E-state index is 12.7. The number of rotatable bonds is 7. The minimum absolute atomic E-state index is 0.0108. The number of esters is 9. The van der Waals surface area contributed by atoms with Crippen LogP contribution in [0.5, 0.6) is 0 Å². The van der Waals surface area contributed by atoms with Crippen molar-refractivity contribution in [3.05, 3.63) is 0 Å². The molecule has 89 heavy (non-hydrogen) atoms. The first-order chi connectivity index (χ1) is 41.5. The van der Waals surface area contributed by atoms with E-state index in [-0.39, 0.29) is 107 Å². The fourth-order valence-corrected chi connectivity index (χ4v) is 20.1. The normalized spacial score (nSPS) is 46.4. The lowest BCUT2D eigenvalue weighted by Crippen LogP contribution is -2.39. The Morgan fingerprint density at radius 3 is 1.22 bits per heavy atom. The summed E-state index contributed by atoms with van der Waals surface area (Å²) in [7, 11) is 0. The third kappa shape index (κ3) is 13.8. The van der Waals surface area contributed by atoms with Gasteiger partial charge in [-0.05, 0) is 218 Å². The molecule has 16 heteroatoms. The molecule has 0 aromatic rings.